The zero-order valence-electron chi connectivity index (χ0n) is 15.8. The Bertz CT molecular complexity index is 976. The molecule has 5 nitrogen and oxygen atoms in total. The first kappa shape index (κ1) is 19.2. The number of amides is 2. The minimum absolute atomic E-state index is 0.117. The van der Waals surface area contributed by atoms with Crippen molar-refractivity contribution >= 4 is 17.9 Å². The molecule has 0 aliphatic carbocycles. The first-order valence-electron chi connectivity index (χ1n) is 9.02. The summed E-state index contributed by atoms with van der Waals surface area (Å²) >= 11 is 0. The molecule has 0 aliphatic heterocycles. The van der Waals surface area contributed by atoms with Gasteiger partial charge in [0.05, 0.1) is 12.3 Å². The summed E-state index contributed by atoms with van der Waals surface area (Å²) in [7, 11) is 0. The second-order valence-corrected chi connectivity index (χ2v) is 6.45. The summed E-state index contributed by atoms with van der Waals surface area (Å²) in [5.41, 5.74) is 2.43. The predicted molar refractivity (Wildman–Crippen MR) is 108 cm³/mol. The van der Waals surface area contributed by atoms with Gasteiger partial charge in [0.25, 0.3) is 11.8 Å². The summed E-state index contributed by atoms with van der Waals surface area (Å²) in [6.45, 7) is 3.74. The summed E-state index contributed by atoms with van der Waals surface area (Å²) in [6, 6.07) is 20.1. The Balaban J connectivity index is 1.82. The zero-order chi connectivity index (χ0) is 19.9. The summed E-state index contributed by atoms with van der Waals surface area (Å²) < 4.78 is 5.31. The molecule has 2 amide bonds. The average Bonchev–Trinajstić information content (AvgIpc) is 3.21. The third-order valence-corrected chi connectivity index (χ3v) is 4.36. The Kier molecular flexibility index (Phi) is 6.07. The highest BCUT2D eigenvalue weighted by Gasteiger charge is 2.18. The van der Waals surface area contributed by atoms with Crippen molar-refractivity contribution in [2.45, 2.75) is 19.9 Å². The second-order valence-electron chi connectivity index (χ2n) is 6.45. The molecule has 2 aromatic carbocycles. The number of aryl methyl sites for hydroxylation is 1. The molecule has 28 heavy (non-hydrogen) atoms. The normalized spacial score (nSPS) is 12.3. The van der Waals surface area contributed by atoms with Crippen LogP contribution in [0.1, 0.15) is 40.2 Å². The number of hydrogen-bond donors (Lipinski definition) is 2. The van der Waals surface area contributed by atoms with Crippen LogP contribution in [0.25, 0.3) is 6.08 Å². The van der Waals surface area contributed by atoms with Gasteiger partial charge in [-0.2, -0.15) is 0 Å². The highest BCUT2D eigenvalue weighted by molar-refractivity contribution is 6.05. The van der Waals surface area contributed by atoms with Gasteiger partial charge >= 0.3 is 0 Å². The van der Waals surface area contributed by atoms with E-state index >= 15 is 0 Å². The summed E-state index contributed by atoms with van der Waals surface area (Å²) in [5.74, 6) is -0.268. The van der Waals surface area contributed by atoms with Crippen LogP contribution in [0, 0.1) is 6.92 Å². The van der Waals surface area contributed by atoms with Crippen molar-refractivity contribution in [1.29, 1.82) is 0 Å². The van der Waals surface area contributed by atoms with Crippen molar-refractivity contribution in [2.75, 3.05) is 0 Å². The summed E-state index contributed by atoms with van der Waals surface area (Å²) in [4.78, 5) is 25.6. The van der Waals surface area contributed by atoms with Gasteiger partial charge in [0.2, 0.25) is 0 Å². The van der Waals surface area contributed by atoms with E-state index in [1.807, 2.05) is 56.3 Å². The molecule has 0 saturated carbocycles. The number of carbonyl (C=O) groups is 2. The maximum Gasteiger partial charge on any atom is 0.268 e. The van der Waals surface area contributed by atoms with Gasteiger partial charge in [-0.1, -0.05) is 48.5 Å². The SMILES string of the molecule is Cc1ccccc1C(=O)N/C(=C\c1ccco1)C(=O)N[C@H](C)c1ccccc1. The molecule has 1 heterocycles. The van der Waals surface area contributed by atoms with Gasteiger partial charge in [0.15, 0.2) is 0 Å². The highest BCUT2D eigenvalue weighted by atomic mass is 16.3. The molecule has 0 fully saturated rings. The van der Waals surface area contributed by atoms with E-state index in [0.29, 0.717) is 11.3 Å². The number of furan rings is 1. The molecular formula is C23H22N2O3. The lowest BCUT2D eigenvalue weighted by atomic mass is 10.1. The van der Waals surface area contributed by atoms with Crippen LogP contribution in [0.5, 0.6) is 0 Å². The minimum Gasteiger partial charge on any atom is -0.465 e. The van der Waals surface area contributed by atoms with Crippen molar-refractivity contribution in [1.82, 2.24) is 10.6 Å². The van der Waals surface area contributed by atoms with Crippen molar-refractivity contribution in [3.05, 3.63) is 101 Å². The second kappa shape index (κ2) is 8.86. The first-order valence-corrected chi connectivity index (χ1v) is 9.02. The van der Waals surface area contributed by atoms with Crippen LogP contribution in [0.15, 0.2) is 83.1 Å². The van der Waals surface area contributed by atoms with Gasteiger partial charge in [-0.15, -0.1) is 0 Å². The Labute approximate surface area is 164 Å². The maximum absolute atomic E-state index is 12.9. The van der Waals surface area contributed by atoms with E-state index in [-0.39, 0.29) is 17.6 Å². The van der Waals surface area contributed by atoms with Crippen molar-refractivity contribution in [3.63, 3.8) is 0 Å². The van der Waals surface area contributed by atoms with Crippen molar-refractivity contribution in [2.24, 2.45) is 0 Å². The van der Waals surface area contributed by atoms with Crippen LogP contribution in [-0.4, -0.2) is 11.8 Å². The van der Waals surface area contributed by atoms with E-state index < -0.39 is 5.91 Å². The lowest BCUT2D eigenvalue weighted by molar-refractivity contribution is -0.118. The van der Waals surface area contributed by atoms with Crippen LogP contribution in [0.2, 0.25) is 0 Å². The molecule has 0 aliphatic rings. The number of carbonyl (C=O) groups excluding carboxylic acids is 2. The monoisotopic (exact) mass is 374 g/mol. The van der Waals surface area contributed by atoms with Gasteiger partial charge in [0.1, 0.15) is 11.5 Å². The van der Waals surface area contributed by atoms with Gasteiger partial charge in [-0.3, -0.25) is 9.59 Å². The average molecular weight is 374 g/mol. The zero-order valence-corrected chi connectivity index (χ0v) is 15.8. The van der Waals surface area contributed by atoms with Gasteiger partial charge < -0.3 is 15.1 Å². The largest absolute Gasteiger partial charge is 0.465 e. The highest BCUT2D eigenvalue weighted by Crippen LogP contribution is 2.14. The van der Waals surface area contributed by atoms with E-state index in [4.69, 9.17) is 4.42 Å². The fourth-order valence-electron chi connectivity index (χ4n) is 2.79. The first-order chi connectivity index (χ1) is 13.5. The van der Waals surface area contributed by atoms with Crippen LogP contribution in [0.3, 0.4) is 0 Å². The molecule has 0 unspecified atom stereocenters. The van der Waals surface area contributed by atoms with Gasteiger partial charge in [0, 0.05) is 11.6 Å². The van der Waals surface area contributed by atoms with E-state index in [2.05, 4.69) is 10.6 Å². The minimum atomic E-state index is -0.394. The third kappa shape index (κ3) is 4.76. The lowest BCUT2D eigenvalue weighted by Gasteiger charge is -2.17. The number of hydrogen-bond acceptors (Lipinski definition) is 3. The fourth-order valence-corrected chi connectivity index (χ4v) is 2.79. The molecule has 2 N–H and O–H groups in total. The number of benzene rings is 2. The fraction of sp³-hybridized carbons (Fsp3) is 0.130. The molecule has 5 heteroatoms. The van der Waals surface area contributed by atoms with E-state index in [1.165, 1.54) is 12.3 Å². The molecule has 0 bridgehead atoms. The Morgan fingerprint density at radius 2 is 1.68 bits per heavy atom. The Hall–Kier alpha value is -3.60. The summed E-state index contributed by atoms with van der Waals surface area (Å²) in [5, 5.41) is 5.64. The molecule has 3 rings (SSSR count). The quantitative estimate of drug-likeness (QED) is 0.634. The molecule has 0 spiro atoms. The lowest BCUT2D eigenvalue weighted by Crippen LogP contribution is -2.36. The topological polar surface area (TPSA) is 71.3 Å². The van der Waals surface area contributed by atoms with Crippen LogP contribution in [0.4, 0.5) is 0 Å². The molecule has 1 atom stereocenters. The van der Waals surface area contributed by atoms with Gasteiger partial charge in [-0.05, 0) is 43.2 Å². The van der Waals surface area contributed by atoms with Crippen LogP contribution in [-0.2, 0) is 4.79 Å². The maximum atomic E-state index is 12.9. The van der Waals surface area contributed by atoms with E-state index in [9.17, 15) is 9.59 Å². The molecular weight excluding hydrogens is 352 g/mol. The molecule has 0 saturated heterocycles. The molecule has 0 radical (unpaired) electrons. The van der Waals surface area contributed by atoms with Crippen LogP contribution < -0.4 is 10.6 Å². The smallest absolute Gasteiger partial charge is 0.268 e. The van der Waals surface area contributed by atoms with Crippen LogP contribution >= 0.6 is 0 Å². The molecule has 1 aromatic heterocycles. The van der Waals surface area contributed by atoms with Crippen molar-refractivity contribution in [3.8, 4) is 0 Å². The number of nitrogens with one attached hydrogen (secondary N) is 2. The molecule has 142 valence electrons. The molecule has 3 aromatic rings. The predicted octanol–water partition coefficient (Wildman–Crippen LogP) is 4.24. The van der Waals surface area contributed by atoms with Crippen molar-refractivity contribution < 1.29 is 14.0 Å². The van der Waals surface area contributed by atoms with E-state index in [1.54, 1.807) is 24.3 Å². The standard InChI is InChI=1S/C23H22N2O3/c1-16-9-6-7-13-20(16)22(26)25-21(15-19-12-8-14-28-19)23(27)24-17(2)18-10-4-3-5-11-18/h3-15,17H,1-2H3,(H,24,27)(H,25,26)/b21-15-/t17-/m1/s1. The Morgan fingerprint density at radius 3 is 2.36 bits per heavy atom. The Morgan fingerprint density at radius 1 is 0.964 bits per heavy atom. The van der Waals surface area contributed by atoms with Gasteiger partial charge in [-0.25, -0.2) is 0 Å². The number of rotatable bonds is 6. The third-order valence-electron chi connectivity index (χ3n) is 4.36. The summed E-state index contributed by atoms with van der Waals surface area (Å²) in [6.07, 6.45) is 3.03. The van der Waals surface area contributed by atoms with E-state index in [0.717, 1.165) is 11.1 Å².